The second-order valence-corrected chi connectivity index (χ2v) is 9.86. The number of rotatable bonds is 4. The molecule has 0 atom stereocenters. The largest absolute Gasteiger partial charge is 0.435 e. The lowest BCUT2D eigenvalue weighted by molar-refractivity contribution is -0.141. The first kappa shape index (κ1) is 24.0. The van der Waals surface area contributed by atoms with Crippen LogP contribution in [0.3, 0.4) is 0 Å². The van der Waals surface area contributed by atoms with E-state index in [1.807, 2.05) is 26.2 Å². The third kappa shape index (κ3) is 5.00. The standard InChI is InChI=1S/C24H20ClF3N4OS/c1-23(2,3)20-13-34-22(29-20)30-21(33)15-10-8-14(9-11-15)18-12-19(24(26,27)28)31-32(18)17-7-5-4-6-16(17)25/h4-13H,1-3H3,(H,29,30,33). The van der Waals surface area contributed by atoms with Crippen molar-refractivity contribution in [3.63, 3.8) is 0 Å². The third-order valence-electron chi connectivity index (χ3n) is 5.02. The fourth-order valence-electron chi connectivity index (χ4n) is 3.17. The minimum atomic E-state index is -4.62. The maximum atomic E-state index is 13.4. The van der Waals surface area contributed by atoms with E-state index in [1.165, 1.54) is 11.3 Å². The number of hydrogen-bond donors (Lipinski definition) is 1. The molecule has 2 aromatic heterocycles. The van der Waals surface area contributed by atoms with Gasteiger partial charge in [0.25, 0.3) is 5.91 Å². The lowest BCUT2D eigenvalue weighted by Crippen LogP contribution is -2.14. The van der Waals surface area contributed by atoms with Crippen LogP contribution in [0.15, 0.2) is 60.0 Å². The topological polar surface area (TPSA) is 59.8 Å². The van der Waals surface area contributed by atoms with E-state index < -0.39 is 11.9 Å². The van der Waals surface area contributed by atoms with E-state index >= 15 is 0 Å². The Morgan fingerprint density at radius 2 is 1.71 bits per heavy atom. The van der Waals surface area contributed by atoms with Gasteiger partial charge < -0.3 is 0 Å². The molecule has 10 heteroatoms. The number of benzene rings is 2. The molecule has 34 heavy (non-hydrogen) atoms. The van der Waals surface area contributed by atoms with Gasteiger partial charge in [0.05, 0.1) is 22.1 Å². The summed E-state index contributed by atoms with van der Waals surface area (Å²) in [5.74, 6) is -0.364. The van der Waals surface area contributed by atoms with Gasteiger partial charge in [-0.05, 0) is 30.3 Å². The number of alkyl halides is 3. The lowest BCUT2D eigenvalue weighted by atomic mass is 9.93. The SMILES string of the molecule is CC(C)(C)c1csc(NC(=O)c2ccc(-c3cc(C(F)(F)F)nn3-c3ccccc3Cl)cc2)n1. The summed E-state index contributed by atoms with van der Waals surface area (Å²) in [5.41, 5.74) is 0.997. The van der Waals surface area contributed by atoms with Gasteiger partial charge in [0.2, 0.25) is 0 Å². The molecular weight excluding hydrogens is 485 g/mol. The van der Waals surface area contributed by atoms with Crippen LogP contribution in [0.4, 0.5) is 18.3 Å². The van der Waals surface area contributed by atoms with Crippen molar-refractivity contribution in [3.05, 3.63) is 82.0 Å². The first-order chi connectivity index (χ1) is 15.9. The molecule has 0 unspecified atom stereocenters. The number of para-hydroxylation sites is 1. The monoisotopic (exact) mass is 504 g/mol. The summed E-state index contributed by atoms with van der Waals surface area (Å²) in [6, 6.07) is 13.7. The predicted octanol–water partition coefficient (Wildman–Crippen LogP) is 7.22. The molecule has 1 amide bonds. The molecule has 0 radical (unpaired) electrons. The number of nitrogens with zero attached hydrogens (tertiary/aromatic N) is 3. The summed E-state index contributed by atoms with van der Waals surface area (Å²) in [5, 5.41) is 9.14. The summed E-state index contributed by atoms with van der Waals surface area (Å²) in [7, 11) is 0. The molecule has 5 nitrogen and oxygen atoms in total. The van der Waals surface area contributed by atoms with E-state index in [0.717, 1.165) is 16.4 Å². The Bertz CT molecular complexity index is 1340. The number of anilines is 1. The average Bonchev–Trinajstić information content (AvgIpc) is 3.41. The van der Waals surface area contributed by atoms with Crippen LogP contribution in [0.5, 0.6) is 0 Å². The van der Waals surface area contributed by atoms with Gasteiger partial charge in [-0.25, -0.2) is 9.67 Å². The van der Waals surface area contributed by atoms with Gasteiger partial charge in [0, 0.05) is 21.9 Å². The van der Waals surface area contributed by atoms with E-state index in [0.29, 0.717) is 21.9 Å². The predicted molar refractivity (Wildman–Crippen MR) is 128 cm³/mol. The average molecular weight is 505 g/mol. The van der Waals surface area contributed by atoms with Crippen molar-refractivity contribution in [1.82, 2.24) is 14.8 Å². The highest BCUT2D eigenvalue weighted by Gasteiger charge is 2.35. The number of amides is 1. The number of thiazole rings is 1. The number of hydrogen-bond acceptors (Lipinski definition) is 4. The minimum Gasteiger partial charge on any atom is -0.298 e. The number of carbonyl (C=O) groups is 1. The first-order valence-corrected chi connectivity index (χ1v) is 11.5. The quantitative estimate of drug-likeness (QED) is 0.319. The maximum absolute atomic E-state index is 13.4. The highest BCUT2D eigenvalue weighted by atomic mass is 35.5. The Morgan fingerprint density at radius 1 is 1.03 bits per heavy atom. The molecule has 0 spiro atoms. The van der Waals surface area contributed by atoms with E-state index in [-0.39, 0.29) is 22.0 Å². The number of aromatic nitrogens is 3. The molecule has 1 N–H and O–H groups in total. The van der Waals surface area contributed by atoms with Gasteiger partial charge in [-0.15, -0.1) is 11.3 Å². The summed E-state index contributed by atoms with van der Waals surface area (Å²) in [4.78, 5) is 17.1. The minimum absolute atomic E-state index is 0.138. The van der Waals surface area contributed by atoms with Gasteiger partial charge in [-0.2, -0.15) is 18.3 Å². The van der Waals surface area contributed by atoms with Crippen LogP contribution < -0.4 is 5.32 Å². The van der Waals surface area contributed by atoms with Crippen molar-refractivity contribution >= 4 is 34.0 Å². The lowest BCUT2D eigenvalue weighted by Gasteiger charge is -2.14. The fraction of sp³-hybridized carbons (Fsp3) is 0.208. The maximum Gasteiger partial charge on any atom is 0.435 e. The number of halogens is 4. The van der Waals surface area contributed by atoms with Crippen LogP contribution in [0, 0.1) is 0 Å². The molecule has 0 saturated carbocycles. The Labute approximate surface area is 203 Å². The normalized spacial score (nSPS) is 12.1. The van der Waals surface area contributed by atoms with Crippen LogP contribution >= 0.6 is 22.9 Å². The summed E-state index contributed by atoms with van der Waals surface area (Å²) in [6.45, 7) is 6.09. The molecule has 176 valence electrons. The zero-order valence-corrected chi connectivity index (χ0v) is 20.0. The Balaban J connectivity index is 1.64. The molecule has 0 aliphatic heterocycles. The van der Waals surface area contributed by atoms with E-state index in [9.17, 15) is 18.0 Å². The first-order valence-electron chi connectivity index (χ1n) is 10.2. The second-order valence-electron chi connectivity index (χ2n) is 8.60. The van der Waals surface area contributed by atoms with Crippen LogP contribution in [0.2, 0.25) is 5.02 Å². The van der Waals surface area contributed by atoms with Crippen LogP contribution in [-0.2, 0) is 11.6 Å². The van der Waals surface area contributed by atoms with E-state index in [4.69, 9.17) is 11.6 Å². The molecule has 4 rings (SSSR count). The van der Waals surface area contributed by atoms with Crippen molar-refractivity contribution < 1.29 is 18.0 Å². The smallest absolute Gasteiger partial charge is 0.298 e. The second kappa shape index (κ2) is 8.88. The fourth-order valence-corrected chi connectivity index (χ4v) is 4.32. The molecule has 0 bridgehead atoms. The van der Waals surface area contributed by atoms with Gasteiger partial charge in [-0.1, -0.05) is 56.6 Å². The van der Waals surface area contributed by atoms with E-state index in [2.05, 4.69) is 15.4 Å². The Morgan fingerprint density at radius 3 is 2.29 bits per heavy atom. The molecule has 0 aliphatic rings. The zero-order valence-electron chi connectivity index (χ0n) is 18.4. The van der Waals surface area contributed by atoms with Gasteiger partial charge in [0.15, 0.2) is 10.8 Å². The number of carbonyl (C=O) groups excluding carboxylic acids is 1. The highest BCUT2D eigenvalue weighted by Crippen LogP contribution is 2.35. The van der Waals surface area contributed by atoms with Crippen molar-refractivity contribution in [2.45, 2.75) is 32.4 Å². The number of nitrogens with one attached hydrogen (secondary N) is 1. The summed E-state index contributed by atoms with van der Waals surface area (Å²) >= 11 is 7.55. The molecule has 0 saturated heterocycles. The molecule has 0 fully saturated rings. The van der Waals surface area contributed by atoms with Gasteiger partial charge in [-0.3, -0.25) is 10.1 Å². The molecule has 4 aromatic rings. The Hall–Kier alpha value is -3.17. The molecule has 0 aliphatic carbocycles. The third-order valence-corrected chi connectivity index (χ3v) is 6.09. The van der Waals surface area contributed by atoms with Gasteiger partial charge in [0.1, 0.15) is 0 Å². The van der Waals surface area contributed by atoms with Crippen LogP contribution in [0.25, 0.3) is 16.9 Å². The molecule has 2 heterocycles. The highest BCUT2D eigenvalue weighted by molar-refractivity contribution is 7.14. The molecular formula is C24H20ClF3N4OS. The van der Waals surface area contributed by atoms with Crippen LogP contribution in [0.1, 0.15) is 42.5 Å². The Kier molecular flexibility index (Phi) is 6.26. The van der Waals surface area contributed by atoms with Crippen LogP contribution in [-0.4, -0.2) is 20.7 Å². The van der Waals surface area contributed by atoms with Crippen molar-refractivity contribution in [2.24, 2.45) is 0 Å². The zero-order chi connectivity index (χ0) is 24.7. The van der Waals surface area contributed by atoms with E-state index in [1.54, 1.807) is 48.5 Å². The summed E-state index contributed by atoms with van der Waals surface area (Å²) in [6.07, 6.45) is -4.62. The van der Waals surface area contributed by atoms with Crippen molar-refractivity contribution in [2.75, 3.05) is 5.32 Å². The molecule has 2 aromatic carbocycles. The van der Waals surface area contributed by atoms with Crippen molar-refractivity contribution in [1.29, 1.82) is 0 Å². The van der Waals surface area contributed by atoms with Crippen molar-refractivity contribution in [3.8, 4) is 16.9 Å². The van der Waals surface area contributed by atoms with Gasteiger partial charge >= 0.3 is 6.18 Å². The summed E-state index contributed by atoms with van der Waals surface area (Å²) < 4.78 is 41.4.